The quantitative estimate of drug-likeness (QED) is 0.827. The molecule has 0 aliphatic heterocycles. The molecule has 4 aliphatic rings. The first-order chi connectivity index (χ1) is 12.4. The number of amides is 1. The third-order valence-electron chi connectivity index (χ3n) is 6.46. The van der Waals surface area contributed by atoms with Crippen LogP contribution in [0.25, 0.3) is 0 Å². The Hall–Kier alpha value is -1.56. The van der Waals surface area contributed by atoms with Crippen LogP contribution in [0.5, 0.6) is 5.75 Å². The summed E-state index contributed by atoms with van der Waals surface area (Å²) in [5.74, 6) is 2.60. The van der Waals surface area contributed by atoms with E-state index in [2.05, 4.69) is 5.32 Å². The van der Waals surface area contributed by atoms with Gasteiger partial charge in [0.25, 0.3) is 0 Å². The molecular formula is C20H27NO4S. The fraction of sp³-hybridized carbons (Fsp3) is 0.650. The molecule has 26 heavy (non-hydrogen) atoms. The highest BCUT2D eigenvalue weighted by atomic mass is 32.2. The Labute approximate surface area is 155 Å². The van der Waals surface area contributed by atoms with E-state index in [1.54, 1.807) is 12.1 Å². The van der Waals surface area contributed by atoms with Gasteiger partial charge in [0.2, 0.25) is 5.91 Å². The molecule has 1 aromatic rings. The summed E-state index contributed by atoms with van der Waals surface area (Å²) in [5.41, 5.74) is -0.0598. The van der Waals surface area contributed by atoms with Crippen molar-refractivity contribution in [3.05, 3.63) is 24.3 Å². The average molecular weight is 378 g/mol. The van der Waals surface area contributed by atoms with E-state index in [1.807, 2.05) is 0 Å². The third kappa shape index (κ3) is 3.48. The number of sulfone groups is 1. The molecule has 6 heteroatoms. The molecule has 4 aliphatic carbocycles. The Morgan fingerprint density at radius 3 is 2.12 bits per heavy atom. The van der Waals surface area contributed by atoms with Crippen molar-refractivity contribution in [2.45, 2.75) is 55.4 Å². The van der Waals surface area contributed by atoms with Crippen LogP contribution in [0.2, 0.25) is 0 Å². The summed E-state index contributed by atoms with van der Waals surface area (Å²) >= 11 is 0. The highest BCUT2D eigenvalue weighted by Gasteiger charge is 2.51. The fourth-order valence-electron chi connectivity index (χ4n) is 5.75. The van der Waals surface area contributed by atoms with Crippen LogP contribution in [0.4, 0.5) is 0 Å². The summed E-state index contributed by atoms with van der Waals surface area (Å²) in [4.78, 5) is 12.7. The highest BCUT2D eigenvalue weighted by Crippen LogP contribution is 2.55. The predicted octanol–water partition coefficient (Wildman–Crippen LogP) is 2.94. The normalized spacial score (nSPS) is 32.4. The fourth-order valence-corrected chi connectivity index (χ4v) is 6.99. The van der Waals surface area contributed by atoms with Crippen molar-refractivity contribution in [2.75, 3.05) is 12.9 Å². The second-order valence-electron chi connectivity index (χ2n) is 8.49. The maximum Gasteiger partial charge on any atom is 0.221 e. The Bertz CT molecular complexity index is 749. The van der Waals surface area contributed by atoms with E-state index in [9.17, 15) is 13.2 Å². The zero-order chi connectivity index (χ0) is 18.4. The van der Waals surface area contributed by atoms with Crippen LogP contribution in [0.1, 0.15) is 44.9 Å². The van der Waals surface area contributed by atoms with Crippen molar-refractivity contribution in [1.29, 1.82) is 0 Å². The Balaban J connectivity index is 1.36. The number of methoxy groups -OCH3 is 1. The number of benzene rings is 1. The van der Waals surface area contributed by atoms with Gasteiger partial charge in [0, 0.05) is 12.0 Å². The lowest BCUT2D eigenvalue weighted by molar-refractivity contribution is -0.126. The van der Waals surface area contributed by atoms with Gasteiger partial charge in [0.15, 0.2) is 9.84 Å². The molecule has 1 aromatic carbocycles. The molecule has 5 rings (SSSR count). The monoisotopic (exact) mass is 377 g/mol. The molecule has 4 saturated carbocycles. The highest BCUT2D eigenvalue weighted by molar-refractivity contribution is 7.91. The lowest BCUT2D eigenvalue weighted by atomic mass is 9.53. The molecule has 1 N–H and O–H groups in total. The molecule has 0 heterocycles. The average Bonchev–Trinajstić information content (AvgIpc) is 2.58. The molecule has 0 atom stereocenters. The molecular weight excluding hydrogens is 350 g/mol. The van der Waals surface area contributed by atoms with E-state index in [0.717, 1.165) is 37.0 Å². The smallest absolute Gasteiger partial charge is 0.221 e. The van der Waals surface area contributed by atoms with Crippen LogP contribution in [-0.4, -0.2) is 32.7 Å². The number of ether oxygens (including phenoxy) is 1. The lowest BCUT2D eigenvalue weighted by Gasteiger charge is -2.56. The topological polar surface area (TPSA) is 72.5 Å². The van der Waals surface area contributed by atoms with E-state index in [0.29, 0.717) is 5.75 Å². The van der Waals surface area contributed by atoms with E-state index < -0.39 is 9.84 Å². The summed E-state index contributed by atoms with van der Waals surface area (Å²) in [6, 6.07) is 6.32. The van der Waals surface area contributed by atoms with Crippen LogP contribution in [0.15, 0.2) is 29.2 Å². The van der Waals surface area contributed by atoms with Gasteiger partial charge in [-0.25, -0.2) is 8.42 Å². The molecule has 4 bridgehead atoms. The van der Waals surface area contributed by atoms with Gasteiger partial charge < -0.3 is 10.1 Å². The zero-order valence-electron chi connectivity index (χ0n) is 15.2. The molecule has 0 spiro atoms. The molecule has 142 valence electrons. The van der Waals surface area contributed by atoms with Crippen LogP contribution in [-0.2, 0) is 14.6 Å². The molecule has 0 unspecified atom stereocenters. The summed E-state index contributed by atoms with van der Waals surface area (Å²) in [7, 11) is -1.92. The SMILES string of the molecule is COc1ccc(S(=O)(=O)CCC(=O)NC23CC4CC(CC(C4)C2)C3)cc1. The maximum atomic E-state index is 12.5. The minimum atomic E-state index is -3.46. The van der Waals surface area contributed by atoms with Gasteiger partial charge in [0.1, 0.15) is 5.75 Å². The van der Waals surface area contributed by atoms with E-state index in [-0.39, 0.29) is 28.5 Å². The van der Waals surface area contributed by atoms with Gasteiger partial charge >= 0.3 is 0 Å². The van der Waals surface area contributed by atoms with Crippen LogP contribution in [0.3, 0.4) is 0 Å². The second-order valence-corrected chi connectivity index (χ2v) is 10.6. The first-order valence-electron chi connectivity index (χ1n) is 9.55. The van der Waals surface area contributed by atoms with E-state index in [4.69, 9.17) is 4.74 Å². The molecule has 0 aromatic heterocycles. The van der Waals surface area contributed by atoms with Crippen molar-refractivity contribution in [3.63, 3.8) is 0 Å². The minimum absolute atomic E-state index is 0.0239. The van der Waals surface area contributed by atoms with Crippen molar-refractivity contribution in [3.8, 4) is 5.75 Å². The van der Waals surface area contributed by atoms with Crippen LogP contribution >= 0.6 is 0 Å². The minimum Gasteiger partial charge on any atom is -0.497 e. The Kier molecular flexibility index (Phi) is 4.49. The maximum absolute atomic E-state index is 12.5. The number of carbonyl (C=O) groups is 1. The molecule has 0 saturated heterocycles. The van der Waals surface area contributed by atoms with Gasteiger partial charge in [-0.15, -0.1) is 0 Å². The van der Waals surface area contributed by atoms with Gasteiger partial charge in [-0.1, -0.05) is 0 Å². The van der Waals surface area contributed by atoms with Crippen molar-refractivity contribution in [1.82, 2.24) is 5.32 Å². The number of hydrogen-bond donors (Lipinski definition) is 1. The number of nitrogens with one attached hydrogen (secondary N) is 1. The van der Waals surface area contributed by atoms with Gasteiger partial charge in [0.05, 0.1) is 17.8 Å². The Morgan fingerprint density at radius 1 is 1.08 bits per heavy atom. The number of hydrogen-bond acceptors (Lipinski definition) is 4. The first-order valence-corrected chi connectivity index (χ1v) is 11.2. The van der Waals surface area contributed by atoms with E-state index >= 15 is 0 Å². The third-order valence-corrected chi connectivity index (χ3v) is 8.19. The van der Waals surface area contributed by atoms with Crippen LogP contribution < -0.4 is 10.1 Å². The first kappa shape index (κ1) is 17.8. The molecule has 1 amide bonds. The van der Waals surface area contributed by atoms with Crippen molar-refractivity contribution in [2.24, 2.45) is 17.8 Å². The number of carbonyl (C=O) groups excluding carboxylic acids is 1. The summed E-state index contributed by atoms with van der Waals surface area (Å²) < 4.78 is 30.0. The summed E-state index contributed by atoms with van der Waals surface area (Å²) in [6.07, 6.45) is 7.22. The van der Waals surface area contributed by atoms with Gasteiger partial charge in [-0.2, -0.15) is 0 Å². The second kappa shape index (κ2) is 6.55. The molecule has 5 nitrogen and oxygen atoms in total. The van der Waals surface area contributed by atoms with Gasteiger partial charge in [-0.3, -0.25) is 4.79 Å². The summed E-state index contributed by atoms with van der Waals surface area (Å²) in [6.45, 7) is 0. The standard InChI is InChI=1S/C20H27NO4S/c1-25-17-2-4-18(5-3-17)26(23,24)7-6-19(22)21-20-11-14-8-15(12-20)10-16(9-14)13-20/h2-5,14-16H,6-13H2,1H3,(H,21,22). The van der Waals surface area contributed by atoms with E-state index in [1.165, 1.54) is 38.5 Å². The van der Waals surface area contributed by atoms with Crippen molar-refractivity contribution < 1.29 is 17.9 Å². The summed E-state index contributed by atoms with van der Waals surface area (Å²) in [5, 5.41) is 3.24. The van der Waals surface area contributed by atoms with Crippen molar-refractivity contribution >= 4 is 15.7 Å². The molecule has 0 radical (unpaired) electrons. The Morgan fingerprint density at radius 2 is 1.62 bits per heavy atom. The largest absolute Gasteiger partial charge is 0.497 e. The van der Waals surface area contributed by atoms with Gasteiger partial charge in [-0.05, 0) is 80.5 Å². The molecule has 4 fully saturated rings. The number of rotatable bonds is 6. The van der Waals surface area contributed by atoms with Crippen LogP contribution in [0, 0.1) is 17.8 Å². The predicted molar refractivity (Wildman–Crippen MR) is 98.7 cm³/mol. The zero-order valence-corrected chi connectivity index (χ0v) is 16.1. The lowest BCUT2D eigenvalue weighted by Crippen LogP contribution is -2.59.